The summed E-state index contributed by atoms with van der Waals surface area (Å²) >= 11 is 0. The molecule has 1 aliphatic heterocycles. The van der Waals surface area contributed by atoms with E-state index in [0.29, 0.717) is 22.4 Å². The molecule has 5 rings (SSSR count). The Morgan fingerprint density at radius 2 is 1.69 bits per heavy atom. The summed E-state index contributed by atoms with van der Waals surface area (Å²) in [4.78, 5) is 0. The van der Waals surface area contributed by atoms with E-state index in [2.05, 4.69) is 63.7 Å². The minimum Gasteiger partial charge on any atom is -0.507 e. The zero-order valence-electron chi connectivity index (χ0n) is 20.1. The maximum absolute atomic E-state index is 13.2. The Morgan fingerprint density at radius 1 is 1.00 bits per heavy atom. The highest BCUT2D eigenvalue weighted by atomic mass is 35.5. The fourth-order valence-electron chi connectivity index (χ4n) is 5.21. The number of phenols is 1. The fraction of sp³-hybridized carbons (Fsp3) is 0.435. The number of hydrogen-bond acceptors (Lipinski definition) is 7. The summed E-state index contributed by atoms with van der Waals surface area (Å²) in [6.07, 6.45) is -1.79. The summed E-state index contributed by atoms with van der Waals surface area (Å²) in [7, 11) is 0. The van der Waals surface area contributed by atoms with E-state index in [9.17, 15) is 18.3 Å². The number of aromatic hydroxyl groups is 1. The first-order chi connectivity index (χ1) is 16.3. The second-order valence-corrected chi connectivity index (χ2v) is 10.3. The van der Waals surface area contributed by atoms with Crippen LogP contribution in [0.15, 0.2) is 30.5 Å². The summed E-state index contributed by atoms with van der Waals surface area (Å²) < 4.78 is 41.4. The highest BCUT2D eigenvalue weighted by Gasteiger charge is 2.40. The largest absolute Gasteiger partial charge is 0.507 e. The molecule has 0 spiro atoms. The number of hydrogen-bond donors (Lipinski definition) is 3. The third-order valence-corrected chi connectivity index (χ3v) is 6.23. The predicted molar refractivity (Wildman–Crippen MR) is 130 cm³/mol. The molecule has 3 aromatic heterocycles. The van der Waals surface area contributed by atoms with Crippen molar-refractivity contribution in [2.45, 2.75) is 63.8 Å². The first kappa shape index (κ1) is 25.8. The molecule has 9 nitrogen and oxygen atoms in total. The number of H-pyrrole nitrogens is 1. The van der Waals surface area contributed by atoms with Crippen LogP contribution in [0.4, 0.5) is 13.2 Å². The van der Waals surface area contributed by atoms with Crippen molar-refractivity contribution in [2.75, 3.05) is 0 Å². The van der Waals surface area contributed by atoms with Gasteiger partial charge in [0.15, 0.2) is 5.69 Å². The number of fused-ring (bicyclic) bond motifs is 1. The zero-order chi connectivity index (χ0) is 25.2. The zero-order valence-corrected chi connectivity index (χ0v) is 20.9. The van der Waals surface area contributed by atoms with Gasteiger partial charge in [0.2, 0.25) is 5.65 Å². The lowest BCUT2D eigenvalue weighted by atomic mass is 9.80. The molecule has 0 aliphatic carbocycles. The predicted octanol–water partition coefficient (Wildman–Crippen LogP) is 4.91. The van der Waals surface area contributed by atoms with Crippen LogP contribution in [0.2, 0.25) is 0 Å². The van der Waals surface area contributed by atoms with Crippen LogP contribution >= 0.6 is 12.4 Å². The van der Waals surface area contributed by atoms with Gasteiger partial charge in [0, 0.05) is 28.4 Å². The van der Waals surface area contributed by atoms with E-state index in [1.165, 1.54) is 18.2 Å². The van der Waals surface area contributed by atoms with E-state index in [1.807, 2.05) is 0 Å². The van der Waals surface area contributed by atoms with E-state index >= 15 is 0 Å². The van der Waals surface area contributed by atoms with E-state index in [1.54, 1.807) is 10.7 Å². The van der Waals surface area contributed by atoms with Crippen LogP contribution in [0, 0.1) is 0 Å². The van der Waals surface area contributed by atoms with Crippen LogP contribution in [0.3, 0.4) is 0 Å². The standard InChI is InChI=1S/C23H25F3N8O.ClH/c1-21(2)9-13(10-22(3,4)32-21)34-20-17(29-33-34)8-16(28-31-20)14-6-5-12(7-18(14)35)15-11-27-30-19(15)23(24,25)26;/h5-8,11,13,32,35H,9-10H2,1-4H3,(H,27,30);1H. The van der Waals surface area contributed by atoms with Gasteiger partial charge in [0.25, 0.3) is 0 Å². The molecule has 1 fully saturated rings. The smallest absolute Gasteiger partial charge is 0.435 e. The molecule has 36 heavy (non-hydrogen) atoms. The average molecular weight is 523 g/mol. The molecule has 13 heteroatoms. The van der Waals surface area contributed by atoms with E-state index in [0.717, 1.165) is 19.0 Å². The molecule has 0 bridgehead atoms. The number of nitrogens with zero attached hydrogens (tertiary/aromatic N) is 6. The Bertz CT molecular complexity index is 1400. The monoisotopic (exact) mass is 522 g/mol. The van der Waals surface area contributed by atoms with Crippen LogP contribution in [0.1, 0.15) is 52.3 Å². The Morgan fingerprint density at radius 3 is 2.33 bits per heavy atom. The number of halogens is 4. The molecule has 192 valence electrons. The fourth-order valence-corrected chi connectivity index (χ4v) is 5.21. The lowest BCUT2D eigenvalue weighted by Crippen LogP contribution is -2.58. The molecule has 0 radical (unpaired) electrons. The third kappa shape index (κ3) is 4.74. The number of aromatic amines is 1. The molecule has 4 heterocycles. The van der Waals surface area contributed by atoms with Crippen LogP contribution < -0.4 is 5.32 Å². The summed E-state index contributed by atoms with van der Waals surface area (Å²) in [5, 5.41) is 37.0. The van der Waals surface area contributed by atoms with Gasteiger partial charge < -0.3 is 10.4 Å². The van der Waals surface area contributed by atoms with Gasteiger partial charge in [0.1, 0.15) is 11.3 Å². The highest BCUT2D eigenvalue weighted by Crippen LogP contribution is 2.39. The number of rotatable bonds is 3. The average Bonchev–Trinajstić information content (AvgIpc) is 3.38. The van der Waals surface area contributed by atoms with Crippen molar-refractivity contribution < 1.29 is 18.3 Å². The number of benzene rings is 1. The Hall–Kier alpha value is -3.25. The van der Waals surface area contributed by atoms with E-state index in [4.69, 9.17) is 0 Å². The minimum atomic E-state index is -4.62. The summed E-state index contributed by atoms with van der Waals surface area (Å²) in [6, 6.07) is 5.96. The lowest BCUT2D eigenvalue weighted by molar-refractivity contribution is -0.140. The maximum Gasteiger partial charge on any atom is 0.435 e. The topological polar surface area (TPSA) is 117 Å². The van der Waals surface area contributed by atoms with Crippen molar-refractivity contribution in [3.8, 4) is 28.1 Å². The summed E-state index contributed by atoms with van der Waals surface area (Å²) in [5.41, 5.74) is 0.492. The van der Waals surface area contributed by atoms with Gasteiger partial charge in [-0.15, -0.1) is 27.7 Å². The van der Waals surface area contributed by atoms with Gasteiger partial charge >= 0.3 is 6.18 Å². The molecular weight excluding hydrogens is 497 g/mol. The molecule has 0 unspecified atom stereocenters. The Kier molecular flexibility index (Phi) is 6.24. The molecule has 0 saturated carbocycles. The second kappa shape index (κ2) is 8.70. The number of alkyl halides is 3. The number of phenolic OH excluding ortho intramolecular Hbond substituents is 1. The van der Waals surface area contributed by atoms with Gasteiger partial charge in [0.05, 0.1) is 11.7 Å². The molecule has 0 amide bonds. The first-order valence-electron chi connectivity index (χ1n) is 11.2. The number of piperidine rings is 1. The van der Waals surface area contributed by atoms with E-state index < -0.39 is 11.9 Å². The Labute approximate surface area is 210 Å². The summed E-state index contributed by atoms with van der Waals surface area (Å²) in [6.45, 7) is 8.60. The highest BCUT2D eigenvalue weighted by molar-refractivity contribution is 5.85. The van der Waals surface area contributed by atoms with E-state index in [-0.39, 0.29) is 46.4 Å². The van der Waals surface area contributed by atoms with Crippen molar-refractivity contribution in [3.63, 3.8) is 0 Å². The van der Waals surface area contributed by atoms with Gasteiger partial charge in [-0.25, -0.2) is 4.68 Å². The third-order valence-electron chi connectivity index (χ3n) is 6.23. The normalized spacial score (nSPS) is 17.8. The van der Waals surface area contributed by atoms with Crippen LogP contribution in [0.5, 0.6) is 5.75 Å². The molecule has 4 aromatic rings. The quantitative estimate of drug-likeness (QED) is 0.350. The van der Waals surface area contributed by atoms with Crippen molar-refractivity contribution in [3.05, 3.63) is 36.2 Å². The second-order valence-electron chi connectivity index (χ2n) is 10.3. The Balaban J connectivity index is 0.00000304. The maximum atomic E-state index is 13.2. The van der Waals surface area contributed by atoms with Gasteiger partial charge in [-0.1, -0.05) is 11.3 Å². The lowest BCUT2D eigenvalue weighted by Gasteiger charge is -2.46. The van der Waals surface area contributed by atoms with Crippen molar-refractivity contribution in [2.24, 2.45) is 0 Å². The molecular formula is C23H26ClF3N8O. The van der Waals surface area contributed by atoms with Gasteiger partial charge in [-0.3, -0.25) is 5.10 Å². The molecule has 1 saturated heterocycles. The minimum absolute atomic E-state index is 0. The number of nitrogens with one attached hydrogen (secondary N) is 2. The SMILES string of the molecule is CC1(C)CC(n2nnc3cc(-c4ccc(-c5c[nH]nc5C(F)(F)F)cc4O)nnc32)CC(C)(C)N1.Cl. The van der Waals surface area contributed by atoms with Crippen molar-refractivity contribution >= 4 is 23.6 Å². The van der Waals surface area contributed by atoms with Crippen LogP contribution in [-0.2, 0) is 6.18 Å². The van der Waals surface area contributed by atoms with Gasteiger partial charge in [-0.2, -0.15) is 18.3 Å². The molecule has 0 atom stereocenters. The number of aromatic nitrogens is 7. The molecule has 1 aromatic carbocycles. The molecule has 1 aliphatic rings. The van der Waals surface area contributed by atoms with Crippen molar-refractivity contribution in [1.29, 1.82) is 0 Å². The summed E-state index contributed by atoms with van der Waals surface area (Å²) in [5.74, 6) is -0.236. The van der Waals surface area contributed by atoms with Crippen LogP contribution in [0.25, 0.3) is 33.5 Å². The van der Waals surface area contributed by atoms with Crippen molar-refractivity contribution in [1.82, 2.24) is 40.7 Å². The molecule has 3 N–H and O–H groups in total. The first-order valence-corrected chi connectivity index (χ1v) is 11.2. The van der Waals surface area contributed by atoms with Crippen LogP contribution in [-0.4, -0.2) is 51.6 Å². The van der Waals surface area contributed by atoms with Gasteiger partial charge in [-0.05, 0) is 64.3 Å².